The summed E-state index contributed by atoms with van der Waals surface area (Å²) in [5.41, 5.74) is -1.27. The van der Waals surface area contributed by atoms with E-state index in [-0.39, 0.29) is 35.6 Å². The van der Waals surface area contributed by atoms with Crippen LogP contribution in [0.1, 0.15) is 30.9 Å². The van der Waals surface area contributed by atoms with Gasteiger partial charge in [0.15, 0.2) is 5.69 Å². The van der Waals surface area contributed by atoms with Gasteiger partial charge in [-0.3, -0.25) is 14.9 Å². The lowest BCUT2D eigenvalue weighted by Crippen LogP contribution is -2.37. The van der Waals surface area contributed by atoms with Crippen LogP contribution in [0.15, 0.2) is 24.5 Å². The molecule has 0 spiro atoms. The molecule has 0 N–H and O–H groups in total. The van der Waals surface area contributed by atoms with Crippen LogP contribution in [0, 0.1) is 23.0 Å². The van der Waals surface area contributed by atoms with Gasteiger partial charge in [-0.15, -0.1) is 0 Å². The van der Waals surface area contributed by atoms with Gasteiger partial charge in [0.1, 0.15) is 6.33 Å². The number of ether oxygens (including phenoxy) is 1. The molecular formula is C20H21F3N4O4. The number of rotatable bonds is 5. The van der Waals surface area contributed by atoms with Crippen molar-refractivity contribution < 1.29 is 27.6 Å². The maximum atomic E-state index is 13.2. The number of benzene rings is 1. The third kappa shape index (κ3) is 4.92. The Labute approximate surface area is 176 Å². The summed E-state index contributed by atoms with van der Waals surface area (Å²) in [4.78, 5) is 32.8. The van der Waals surface area contributed by atoms with Crippen LogP contribution >= 0.6 is 0 Å². The van der Waals surface area contributed by atoms with Gasteiger partial charge in [0.25, 0.3) is 0 Å². The zero-order valence-electron chi connectivity index (χ0n) is 17.0. The fraction of sp³-hybridized carbons (Fsp3) is 0.450. The molecule has 3 rings (SSSR count). The Bertz CT molecular complexity index is 989. The summed E-state index contributed by atoms with van der Waals surface area (Å²) < 4.78 is 44.7. The maximum absolute atomic E-state index is 13.2. The van der Waals surface area contributed by atoms with Crippen molar-refractivity contribution >= 4 is 17.5 Å². The van der Waals surface area contributed by atoms with Crippen LogP contribution in [0.5, 0.6) is 0 Å². The quantitative estimate of drug-likeness (QED) is 0.393. The molecule has 1 fully saturated rings. The fourth-order valence-corrected chi connectivity index (χ4v) is 3.65. The SMILES string of the molecule is CCOC(=O)C1CCN(c2ncnc(-c3cc(C)cc(C(F)(F)F)c3)c2[N+](=O)[O-])CC1. The number of nitrogens with zero attached hydrogens (tertiary/aromatic N) is 4. The van der Waals surface area contributed by atoms with Crippen LogP contribution in [0.4, 0.5) is 24.7 Å². The molecule has 8 nitrogen and oxygen atoms in total. The summed E-state index contributed by atoms with van der Waals surface area (Å²) in [5.74, 6) is -0.588. The van der Waals surface area contributed by atoms with Crippen molar-refractivity contribution in [1.29, 1.82) is 0 Å². The predicted molar refractivity (Wildman–Crippen MR) is 105 cm³/mol. The number of piperidine rings is 1. The molecule has 0 unspecified atom stereocenters. The Morgan fingerprint density at radius 2 is 1.94 bits per heavy atom. The van der Waals surface area contributed by atoms with E-state index in [4.69, 9.17) is 4.74 Å². The van der Waals surface area contributed by atoms with Crippen molar-refractivity contribution in [3.05, 3.63) is 45.8 Å². The minimum absolute atomic E-state index is 0.0101. The lowest BCUT2D eigenvalue weighted by Gasteiger charge is -2.31. The zero-order chi connectivity index (χ0) is 22.8. The average Bonchev–Trinajstić information content (AvgIpc) is 2.72. The first-order valence-corrected chi connectivity index (χ1v) is 9.72. The number of alkyl halides is 3. The van der Waals surface area contributed by atoms with E-state index in [1.807, 2.05) is 0 Å². The summed E-state index contributed by atoms with van der Waals surface area (Å²) >= 11 is 0. The third-order valence-electron chi connectivity index (χ3n) is 5.08. The van der Waals surface area contributed by atoms with Gasteiger partial charge in [0.05, 0.1) is 23.0 Å². The lowest BCUT2D eigenvalue weighted by molar-refractivity contribution is -0.383. The molecule has 0 atom stereocenters. The number of anilines is 1. The monoisotopic (exact) mass is 438 g/mol. The topological polar surface area (TPSA) is 98.5 Å². The fourth-order valence-electron chi connectivity index (χ4n) is 3.65. The van der Waals surface area contributed by atoms with Crippen molar-refractivity contribution in [2.75, 3.05) is 24.6 Å². The van der Waals surface area contributed by atoms with E-state index in [0.717, 1.165) is 18.5 Å². The van der Waals surface area contributed by atoms with Gasteiger partial charge < -0.3 is 9.64 Å². The highest BCUT2D eigenvalue weighted by Crippen LogP contribution is 2.39. The van der Waals surface area contributed by atoms with Crippen molar-refractivity contribution in [3.8, 4) is 11.3 Å². The van der Waals surface area contributed by atoms with Gasteiger partial charge in [-0.25, -0.2) is 9.97 Å². The van der Waals surface area contributed by atoms with E-state index < -0.39 is 22.4 Å². The summed E-state index contributed by atoms with van der Waals surface area (Å²) in [7, 11) is 0. The molecule has 2 aromatic rings. The third-order valence-corrected chi connectivity index (χ3v) is 5.08. The van der Waals surface area contributed by atoms with Crippen molar-refractivity contribution in [1.82, 2.24) is 9.97 Å². The number of esters is 1. The molecule has 0 amide bonds. The second kappa shape index (κ2) is 8.86. The number of hydrogen-bond acceptors (Lipinski definition) is 7. The largest absolute Gasteiger partial charge is 0.466 e. The summed E-state index contributed by atoms with van der Waals surface area (Å²) in [6, 6.07) is 3.23. The van der Waals surface area contributed by atoms with Crippen LogP contribution in [-0.2, 0) is 15.7 Å². The highest BCUT2D eigenvalue weighted by Gasteiger charge is 2.34. The first-order valence-electron chi connectivity index (χ1n) is 9.72. The van der Waals surface area contributed by atoms with Crippen LogP contribution in [0.2, 0.25) is 0 Å². The smallest absolute Gasteiger partial charge is 0.416 e. The normalized spacial score (nSPS) is 15.1. The minimum Gasteiger partial charge on any atom is -0.466 e. The molecular weight excluding hydrogens is 417 g/mol. The van der Waals surface area contributed by atoms with E-state index in [1.165, 1.54) is 13.0 Å². The molecule has 166 valence electrons. The molecule has 1 aromatic heterocycles. The van der Waals surface area contributed by atoms with E-state index >= 15 is 0 Å². The molecule has 0 aliphatic carbocycles. The maximum Gasteiger partial charge on any atom is 0.416 e. The van der Waals surface area contributed by atoms with Crippen molar-refractivity contribution in [3.63, 3.8) is 0 Å². The average molecular weight is 438 g/mol. The van der Waals surface area contributed by atoms with Crippen LogP contribution < -0.4 is 4.90 Å². The predicted octanol–water partition coefficient (Wildman–Crippen LogP) is 4.16. The molecule has 2 heterocycles. The van der Waals surface area contributed by atoms with Gasteiger partial charge >= 0.3 is 17.8 Å². The van der Waals surface area contributed by atoms with E-state index in [2.05, 4.69) is 9.97 Å². The number of carbonyl (C=O) groups excluding carboxylic acids is 1. The second-order valence-electron chi connectivity index (χ2n) is 7.25. The molecule has 1 aliphatic heterocycles. The molecule has 11 heteroatoms. The van der Waals surface area contributed by atoms with Crippen molar-refractivity contribution in [2.45, 2.75) is 32.9 Å². The molecule has 1 aromatic carbocycles. The number of aryl methyl sites for hydroxylation is 1. The van der Waals surface area contributed by atoms with E-state index in [9.17, 15) is 28.1 Å². The number of halogens is 3. The first kappa shape index (κ1) is 22.4. The van der Waals surface area contributed by atoms with Gasteiger partial charge in [-0.05, 0) is 50.5 Å². The molecule has 0 radical (unpaired) electrons. The summed E-state index contributed by atoms with van der Waals surface area (Å²) in [5, 5.41) is 11.9. The van der Waals surface area contributed by atoms with Crippen LogP contribution in [-0.4, -0.2) is 40.6 Å². The Hall–Kier alpha value is -3.24. The van der Waals surface area contributed by atoms with Gasteiger partial charge in [-0.2, -0.15) is 13.2 Å². The molecule has 0 saturated carbocycles. The highest BCUT2D eigenvalue weighted by molar-refractivity contribution is 5.78. The standard InChI is InChI=1S/C20H21F3N4O4/c1-3-31-19(28)13-4-6-26(7-5-13)18-17(27(29)30)16(24-11-25-18)14-8-12(2)9-15(10-14)20(21,22)23/h8-11,13H,3-7H2,1-2H3. The van der Waals surface area contributed by atoms with Crippen LogP contribution in [0.25, 0.3) is 11.3 Å². The van der Waals surface area contributed by atoms with Crippen molar-refractivity contribution in [2.24, 2.45) is 5.92 Å². The number of aromatic nitrogens is 2. The Morgan fingerprint density at radius 1 is 1.26 bits per heavy atom. The van der Waals surface area contributed by atoms with Crippen LogP contribution in [0.3, 0.4) is 0 Å². The van der Waals surface area contributed by atoms with E-state index in [0.29, 0.717) is 31.5 Å². The van der Waals surface area contributed by atoms with E-state index in [1.54, 1.807) is 11.8 Å². The Morgan fingerprint density at radius 3 is 2.52 bits per heavy atom. The lowest BCUT2D eigenvalue weighted by atomic mass is 9.96. The molecule has 1 saturated heterocycles. The number of hydrogen-bond donors (Lipinski definition) is 0. The van der Waals surface area contributed by atoms with Gasteiger partial charge in [0, 0.05) is 18.7 Å². The summed E-state index contributed by atoms with van der Waals surface area (Å²) in [6.45, 7) is 4.11. The molecule has 31 heavy (non-hydrogen) atoms. The second-order valence-corrected chi connectivity index (χ2v) is 7.25. The number of carbonyl (C=O) groups is 1. The highest BCUT2D eigenvalue weighted by atomic mass is 19.4. The Kier molecular flexibility index (Phi) is 6.42. The minimum atomic E-state index is -4.60. The van der Waals surface area contributed by atoms with Gasteiger partial charge in [-0.1, -0.05) is 0 Å². The Balaban J connectivity index is 1.98. The zero-order valence-corrected chi connectivity index (χ0v) is 17.0. The molecule has 0 bridgehead atoms. The molecule has 1 aliphatic rings. The van der Waals surface area contributed by atoms with Gasteiger partial charge in [0.2, 0.25) is 5.82 Å². The first-order chi connectivity index (χ1) is 14.6. The summed E-state index contributed by atoms with van der Waals surface area (Å²) in [6.07, 6.45) is -2.64. The number of nitro groups is 1.